The third-order valence-corrected chi connectivity index (χ3v) is 4.35. The van der Waals surface area contributed by atoms with E-state index in [9.17, 15) is 4.79 Å². The lowest BCUT2D eigenvalue weighted by Crippen LogP contribution is -2.37. The van der Waals surface area contributed by atoms with Gasteiger partial charge in [-0.2, -0.15) is 0 Å². The number of hydrogen-bond donors (Lipinski definition) is 1. The Bertz CT molecular complexity index is 918. The Hall–Kier alpha value is -2.86. The van der Waals surface area contributed by atoms with Crippen LogP contribution >= 0.6 is 0 Å². The van der Waals surface area contributed by atoms with E-state index in [0.29, 0.717) is 25.4 Å². The molecule has 4 rings (SSSR count). The molecule has 1 N–H and O–H groups in total. The number of nitrogens with zero attached hydrogens (tertiary/aromatic N) is 3. The first-order valence-electron chi connectivity index (χ1n) is 8.44. The van der Waals surface area contributed by atoms with Crippen LogP contribution in [0.1, 0.15) is 5.56 Å². The Morgan fingerprint density at radius 1 is 1.08 bits per heavy atom. The lowest BCUT2D eigenvalue weighted by Gasteiger charge is -2.27. The standard InChI is InChI=1S/C19H20N4O2/c24-18-13-17(22-9-11-25-12-10-22)21-19-15(5-4-8-23(18)19)14-20-16-6-2-1-3-7-16/h1-8,13,20H,9-12,14H2. The normalized spacial score (nSPS) is 14.6. The average Bonchev–Trinajstić information content (AvgIpc) is 2.68. The second-order valence-corrected chi connectivity index (χ2v) is 6.00. The number of anilines is 2. The van der Waals surface area contributed by atoms with Crippen LogP contribution in [0.5, 0.6) is 0 Å². The molecule has 1 aliphatic heterocycles. The maximum Gasteiger partial charge on any atom is 0.259 e. The molecular formula is C19H20N4O2. The van der Waals surface area contributed by atoms with Crippen molar-refractivity contribution in [2.45, 2.75) is 6.54 Å². The number of aromatic nitrogens is 2. The Balaban J connectivity index is 1.68. The fourth-order valence-electron chi connectivity index (χ4n) is 3.02. The van der Waals surface area contributed by atoms with Crippen LogP contribution in [0.3, 0.4) is 0 Å². The van der Waals surface area contributed by atoms with E-state index in [-0.39, 0.29) is 5.56 Å². The van der Waals surface area contributed by atoms with Gasteiger partial charge >= 0.3 is 0 Å². The van der Waals surface area contributed by atoms with Crippen molar-refractivity contribution in [1.82, 2.24) is 9.38 Å². The molecule has 0 saturated carbocycles. The van der Waals surface area contributed by atoms with E-state index in [0.717, 1.165) is 30.2 Å². The fourth-order valence-corrected chi connectivity index (χ4v) is 3.02. The lowest BCUT2D eigenvalue weighted by molar-refractivity contribution is 0.122. The summed E-state index contributed by atoms with van der Waals surface area (Å²) in [6.45, 7) is 3.45. The van der Waals surface area contributed by atoms with Gasteiger partial charge in [0.25, 0.3) is 5.56 Å². The summed E-state index contributed by atoms with van der Waals surface area (Å²) in [5, 5.41) is 3.38. The van der Waals surface area contributed by atoms with Crippen LogP contribution in [0, 0.1) is 0 Å². The summed E-state index contributed by atoms with van der Waals surface area (Å²) >= 11 is 0. The van der Waals surface area contributed by atoms with Gasteiger partial charge in [0, 0.05) is 43.1 Å². The van der Waals surface area contributed by atoms with Crippen molar-refractivity contribution in [1.29, 1.82) is 0 Å². The fraction of sp³-hybridized carbons (Fsp3) is 0.263. The molecule has 128 valence electrons. The molecular weight excluding hydrogens is 316 g/mol. The van der Waals surface area contributed by atoms with Gasteiger partial charge in [-0.05, 0) is 18.2 Å². The van der Waals surface area contributed by atoms with Gasteiger partial charge in [-0.3, -0.25) is 9.20 Å². The first-order chi connectivity index (χ1) is 12.3. The van der Waals surface area contributed by atoms with E-state index in [1.54, 1.807) is 16.7 Å². The molecule has 6 nitrogen and oxygen atoms in total. The van der Waals surface area contributed by atoms with Crippen LogP contribution in [0.4, 0.5) is 11.5 Å². The molecule has 0 aliphatic carbocycles. The van der Waals surface area contributed by atoms with E-state index in [4.69, 9.17) is 9.72 Å². The zero-order chi connectivity index (χ0) is 17.1. The van der Waals surface area contributed by atoms with Crippen LogP contribution in [-0.4, -0.2) is 35.7 Å². The first kappa shape index (κ1) is 15.7. The SMILES string of the molecule is O=c1cc(N2CCOCC2)nc2c(CNc3ccccc3)cccn12. The van der Waals surface area contributed by atoms with Gasteiger partial charge in [0.15, 0.2) is 0 Å². The summed E-state index contributed by atoms with van der Waals surface area (Å²) < 4.78 is 6.99. The Morgan fingerprint density at radius 3 is 2.68 bits per heavy atom. The Morgan fingerprint density at radius 2 is 1.88 bits per heavy atom. The average molecular weight is 336 g/mol. The van der Waals surface area contributed by atoms with E-state index in [1.807, 2.05) is 42.5 Å². The summed E-state index contributed by atoms with van der Waals surface area (Å²) in [5.74, 6) is 0.723. The lowest BCUT2D eigenvalue weighted by atomic mass is 10.2. The topological polar surface area (TPSA) is 58.9 Å². The van der Waals surface area contributed by atoms with Crippen LogP contribution in [0.15, 0.2) is 59.5 Å². The number of benzene rings is 1. The molecule has 1 saturated heterocycles. The molecule has 3 aromatic rings. The molecule has 25 heavy (non-hydrogen) atoms. The summed E-state index contributed by atoms with van der Waals surface area (Å²) in [6, 6.07) is 15.5. The predicted molar refractivity (Wildman–Crippen MR) is 98.3 cm³/mol. The highest BCUT2D eigenvalue weighted by Crippen LogP contribution is 2.16. The third kappa shape index (κ3) is 3.34. The number of hydrogen-bond acceptors (Lipinski definition) is 5. The van der Waals surface area contributed by atoms with Crippen LogP contribution in [0.2, 0.25) is 0 Å². The van der Waals surface area contributed by atoms with Gasteiger partial charge in [-0.1, -0.05) is 24.3 Å². The van der Waals surface area contributed by atoms with Crippen molar-refractivity contribution < 1.29 is 4.74 Å². The number of para-hydroxylation sites is 1. The summed E-state index contributed by atoms with van der Waals surface area (Å²) in [4.78, 5) is 19.4. The second-order valence-electron chi connectivity index (χ2n) is 6.00. The number of ether oxygens (including phenoxy) is 1. The highest BCUT2D eigenvalue weighted by atomic mass is 16.5. The molecule has 0 radical (unpaired) electrons. The second kappa shape index (κ2) is 6.94. The van der Waals surface area contributed by atoms with E-state index in [1.165, 1.54) is 0 Å². The van der Waals surface area contributed by atoms with Crippen molar-refractivity contribution >= 4 is 17.2 Å². The van der Waals surface area contributed by atoms with Crippen LogP contribution in [0.25, 0.3) is 5.65 Å². The van der Waals surface area contributed by atoms with Crippen molar-refractivity contribution in [3.8, 4) is 0 Å². The van der Waals surface area contributed by atoms with Crippen molar-refractivity contribution in [2.75, 3.05) is 36.5 Å². The number of fused-ring (bicyclic) bond motifs is 1. The molecule has 0 bridgehead atoms. The first-order valence-corrected chi connectivity index (χ1v) is 8.44. The number of nitrogens with one attached hydrogen (secondary N) is 1. The Kier molecular flexibility index (Phi) is 4.35. The molecule has 1 aliphatic rings. The van der Waals surface area contributed by atoms with Gasteiger partial charge in [0.05, 0.1) is 13.2 Å². The molecule has 1 fully saturated rings. The molecule has 2 aromatic heterocycles. The van der Waals surface area contributed by atoms with Gasteiger partial charge in [-0.15, -0.1) is 0 Å². The van der Waals surface area contributed by atoms with Crippen LogP contribution in [-0.2, 0) is 11.3 Å². The Labute approximate surface area is 145 Å². The van der Waals surface area contributed by atoms with Gasteiger partial charge in [0.2, 0.25) is 0 Å². The molecule has 0 atom stereocenters. The quantitative estimate of drug-likeness (QED) is 0.791. The number of pyridine rings is 1. The van der Waals surface area contributed by atoms with Gasteiger partial charge < -0.3 is 15.0 Å². The summed E-state index contributed by atoms with van der Waals surface area (Å²) in [6.07, 6.45) is 1.76. The van der Waals surface area contributed by atoms with E-state index >= 15 is 0 Å². The molecule has 6 heteroatoms. The highest BCUT2D eigenvalue weighted by molar-refractivity contribution is 5.55. The minimum absolute atomic E-state index is 0.0620. The van der Waals surface area contributed by atoms with Crippen molar-refractivity contribution in [3.63, 3.8) is 0 Å². The molecule has 3 heterocycles. The van der Waals surface area contributed by atoms with E-state index in [2.05, 4.69) is 10.2 Å². The number of rotatable bonds is 4. The predicted octanol–water partition coefficient (Wildman–Crippen LogP) is 2.14. The number of morpholine rings is 1. The molecule has 1 aromatic carbocycles. The zero-order valence-corrected chi connectivity index (χ0v) is 13.9. The monoisotopic (exact) mass is 336 g/mol. The largest absolute Gasteiger partial charge is 0.381 e. The van der Waals surface area contributed by atoms with Gasteiger partial charge in [-0.25, -0.2) is 4.98 Å². The molecule has 0 amide bonds. The smallest absolute Gasteiger partial charge is 0.259 e. The minimum atomic E-state index is -0.0620. The van der Waals surface area contributed by atoms with Crippen molar-refractivity contribution in [3.05, 3.63) is 70.6 Å². The maximum absolute atomic E-state index is 12.5. The summed E-state index contributed by atoms with van der Waals surface area (Å²) in [7, 11) is 0. The van der Waals surface area contributed by atoms with Gasteiger partial charge in [0.1, 0.15) is 11.5 Å². The molecule has 0 spiro atoms. The summed E-state index contributed by atoms with van der Waals surface area (Å²) in [5.41, 5.74) is 2.66. The highest BCUT2D eigenvalue weighted by Gasteiger charge is 2.15. The maximum atomic E-state index is 12.5. The van der Waals surface area contributed by atoms with E-state index < -0.39 is 0 Å². The third-order valence-electron chi connectivity index (χ3n) is 4.35. The van der Waals surface area contributed by atoms with Crippen molar-refractivity contribution in [2.24, 2.45) is 0 Å². The zero-order valence-electron chi connectivity index (χ0n) is 13.9. The minimum Gasteiger partial charge on any atom is -0.381 e. The van der Waals surface area contributed by atoms with Crippen LogP contribution < -0.4 is 15.8 Å². The molecule has 0 unspecified atom stereocenters.